The van der Waals surface area contributed by atoms with Crippen molar-refractivity contribution in [1.29, 1.82) is 0 Å². The monoisotopic (exact) mass is 200 g/mol. The van der Waals surface area contributed by atoms with Gasteiger partial charge in [-0.1, -0.05) is 20.3 Å². The van der Waals surface area contributed by atoms with Gasteiger partial charge in [0.25, 0.3) is 0 Å². The molecule has 0 rings (SSSR count). The van der Waals surface area contributed by atoms with Gasteiger partial charge in [-0.15, -0.1) is 0 Å². The second-order valence-electron chi connectivity index (χ2n) is 3.99. The lowest BCUT2D eigenvalue weighted by Crippen LogP contribution is -2.31. The molecule has 1 N–H and O–H groups in total. The Bertz CT molecular complexity index is 159. The number of hydrogen-bond donors (Lipinski definition) is 1. The van der Waals surface area contributed by atoms with Crippen LogP contribution in [0.2, 0.25) is 0 Å². The fraction of sp³-hybridized carbons (Fsp3) is 0.909. The van der Waals surface area contributed by atoms with Crippen LogP contribution in [0.25, 0.3) is 0 Å². The topological polar surface area (TPSA) is 32.3 Å². The van der Waals surface area contributed by atoms with E-state index in [-0.39, 0.29) is 5.91 Å². The maximum absolute atomic E-state index is 11.6. The Morgan fingerprint density at radius 1 is 1.50 bits per heavy atom. The van der Waals surface area contributed by atoms with E-state index in [4.69, 9.17) is 0 Å². The normalized spacial score (nSPS) is 12.6. The Kier molecular flexibility index (Phi) is 7.48. The van der Waals surface area contributed by atoms with Crippen molar-refractivity contribution in [2.24, 2.45) is 5.92 Å². The summed E-state index contributed by atoms with van der Waals surface area (Å²) in [5.41, 5.74) is 0. The molecule has 0 aromatic heterocycles. The molecule has 0 radical (unpaired) electrons. The predicted molar refractivity (Wildman–Crippen MR) is 60.3 cm³/mol. The summed E-state index contributed by atoms with van der Waals surface area (Å²) >= 11 is 0. The summed E-state index contributed by atoms with van der Waals surface area (Å²) in [6.07, 6.45) is 2.72. The molecule has 0 saturated carbocycles. The lowest BCUT2D eigenvalue weighted by molar-refractivity contribution is -0.130. The van der Waals surface area contributed by atoms with Gasteiger partial charge in [-0.05, 0) is 25.9 Å². The van der Waals surface area contributed by atoms with Crippen molar-refractivity contribution in [1.82, 2.24) is 10.2 Å². The number of nitrogens with zero attached hydrogens (tertiary/aromatic N) is 1. The van der Waals surface area contributed by atoms with E-state index >= 15 is 0 Å². The summed E-state index contributed by atoms with van der Waals surface area (Å²) in [7, 11) is 3.81. The van der Waals surface area contributed by atoms with E-state index in [1.54, 1.807) is 0 Å². The molecule has 1 atom stereocenters. The van der Waals surface area contributed by atoms with Gasteiger partial charge in [0, 0.05) is 20.0 Å². The Balaban J connectivity index is 3.64. The highest BCUT2D eigenvalue weighted by Crippen LogP contribution is 2.04. The van der Waals surface area contributed by atoms with Gasteiger partial charge in [-0.25, -0.2) is 0 Å². The van der Waals surface area contributed by atoms with Crippen molar-refractivity contribution in [3.05, 3.63) is 0 Å². The standard InChI is InChI=1S/C11H24N2O/c1-5-10(2)9-13(4)11(14)7-6-8-12-3/h10,12H,5-9H2,1-4H3. The molecule has 0 aliphatic carbocycles. The molecule has 3 heteroatoms. The average molecular weight is 200 g/mol. The Labute approximate surface area is 87.9 Å². The average Bonchev–Trinajstić information content (AvgIpc) is 2.17. The van der Waals surface area contributed by atoms with Gasteiger partial charge < -0.3 is 10.2 Å². The molecule has 3 nitrogen and oxygen atoms in total. The van der Waals surface area contributed by atoms with Gasteiger partial charge in [0.15, 0.2) is 0 Å². The number of carbonyl (C=O) groups is 1. The fourth-order valence-corrected chi connectivity index (χ4v) is 1.31. The van der Waals surface area contributed by atoms with Crippen molar-refractivity contribution in [2.75, 3.05) is 27.2 Å². The van der Waals surface area contributed by atoms with E-state index in [9.17, 15) is 4.79 Å². The molecule has 1 amide bonds. The Morgan fingerprint density at radius 2 is 2.14 bits per heavy atom. The minimum absolute atomic E-state index is 0.264. The number of amides is 1. The second-order valence-corrected chi connectivity index (χ2v) is 3.99. The van der Waals surface area contributed by atoms with Crippen LogP contribution in [0.3, 0.4) is 0 Å². The maximum atomic E-state index is 11.6. The molecule has 0 aliphatic heterocycles. The van der Waals surface area contributed by atoms with E-state index in [2.05, 4.69) is 19.2 Å². The first-order valence-electron chi connectivity index (χ1n) is 5.50. The first kappa shape index (κ1) is 13.4. The van der Waals surface area contributed by atoms with Crippen LogP contribution in [0.4, 0.5) is 0 Å². The molecule has 0 heterocycles. The number of nitrogens with one attached hydrogen (secondary N) is 1. The van der Waals surface area contributed by atoms with E-state index in [0.29, 0.717) is 12.3 Å². The second kappa shape index (κ2) is 7.80. The Morgan fingerprint density at radius 3 is 2.64 bits per heavy atom. The first-order valence-corrected chi connectivity index (χ1v) is 5.50. The zero-order chi connectivity index (χ0) is 11.0. The Hall–Kier alpha value is -0.570. The van der Waals surface area contributed by atoms with Crippen molar-refractivity contribution in [3.63, 3.8) is 0 Å². The third-order valence-corrected chi connectivity index (χ3v) is 2.53. The van der Waals surface area contributed by atoms with Crippen LogP contribution in [0.15, 0.2) is 0 Å². The van der Waals surface area contributed by atoms with E-state index < -0.39 is 0 Å². The molecule has 0 fully saturated rings. The van der Waals surface area contributed by atoms with Gasteiger partial charge >= 0.3 is 0 Å². The third-order valence-electron chi connectivity index (χ3n) is 2.53. The summed E-state index contributed by atoms with van der Waals surface area (Å²) in [5.74, 6) is 0.869. The van der Waals surface area contributed by atoms with Crippen LogP contribution in [0, 0.1) is 5.92 Å². The van der Waals surface area contributed by atoms with Gasteiger partial charge in [0.05, 0.1) is 0 Å². The summed E-state index contributed by atoms with van der Waals surface area (Å²) in [4.78, 5) is 13.4. The molecular formula is C11H24N2O. The minimum atomic E-state index is 0.264. The van der Waals surface area contributed by atoms with Crippen molar-refractivity contribution < 1.29 is 4.79 Å². The van der Waals surface area contributed by atoms with E-state index in [1.807, 2.05) is 19.0 Å². The third kappa shape index (κ3) is 5.97. The molecular weight excluding hydrogens is 176 g/mol. The van der Waals surface area contributed by atoms with Crippen LogP contribution in [-0.2, 0) is 4.79 Å². The largest absolute Gasteiger partial charge is 0.345 e. The number of rotatable bonds is 7. The smallest absolute Gasteiger partial charge is 0.222 e. The van der Waals surface area contributed by atoms with Crippen molar-refractivity contribution >= 4 is 5.91 Å². The van der Waals surface area contributed by atoms with Gasteiger partial charge in [-0.3, -0.25) is 4.79 Å². The fourth-order valence-electron chi connectivity index (χ4n) is 1.31. The molecule has 14 heavy (non-hydrogen) atoms. The van der Waals surface area contributed by atoms with Gasteiger partial charge in [0.2, 0.25) is 5.91 Å². The minimum Gasteiger partial charge on any atom is -0.345 e. The van der Waals surface area contributed by atoms with Crippen LogP contribution in [0.5, 0.6) is 0 Å². The van der Waals surface area contributed by atoms with Crippen molar-refractivity contribution in [3.8, 4) is 0 Å². The number of carbonyl (C=O) groups excluding carboxylic acids is 1. The summed E-state index contributed by atoms with van der Waals surface area (Å²) in [6, 6.07) is 0. The highest BCUT2D eigenvalue weighted by atomic mass is 16.2. The first-order chi connectivity index (χ1) is 6.61. The van der Waals surface area contributed by atoms with Crippen molar-refractivity contribution in [2.45, 2.75) is 33.1 Å². The lowest BCUT2D eigenvalue weighted by atomic mass is 10.1. The highest BCUT2D eigenvalue weighted by molar-refractivity contribution is 5.75. The van der Waals surface area contributed by atoms with E-state index in [0.717, 1.165) is 25.9 Å². The zero-order valence-electron chi connectivity index (χ0n) is 9.97. The quantitative estimate of drug-likeness (QED) is 0.632. The SMILES string of the molecule is CCC(C)CN(C)C(=O)CCCNC. The molecule has 0 aromatic carbocycles. The molecule has 0 aromatic rings. The predicted octanol–water partition coefficient (Wildman–Crippen LogP) is 1.49. The molecule has 0 spiro atoms. The van der Waals surface area contributed by atoms with Gasteiger partial charge in [-0.2, -0.15) is 0 Å². The van der Waals surface area contributed by atoms with E-state index in [1.165, 1.54) is 0 Å². The van der Waals surface area contributed by atoms with Crippen LogP contribution < -0.4 is 5.32 Å². The van der Waals surface area contributed by atoms with Crippen LogP contribution in [0.1, 0.15) is 33.1 Å². The summed E-state index contributed by atoms with van der Waals surface area (Å²) in [6.45, 7) is 6.14. The van der Waals surface area contributed by atoms with Gasteiger partial charge in [0.1, 0.15) is 0 Å². The number of hydrogen-bond acceptors (Lipinski definition) is 2. The highest BCUT2D eigenvalue weighted by Gasteiger charge is 2.10. The molecule has 0 aliphatic rings. The lowest BCUT2D eigenvalue weighted by Gasteiger charge is -2.20. The maximum Gasteiger partial charge on any atom is 0.222 e. The van der Waals surface area contributed by atoms with Crippen LogP contribution in [-0.4, -0.2) is 38.0 Å². The molecule has 84 valence electrons. The molecule has 0 bridgehead atoms. The molecule has 0 saturated heterocycles. The van der Waals surface area contributed by atoms with Crippen LogP contribution >= 0.6 is 0 Å². The zero-order valence-corrected chi connectivity index (χ0v) is 9.97. The summed E-state index contributed by atoms with van der Waals surface area (Å²) in [5, 5.41) is 3.04. The summed E-state index contributed by atoms with van der Waals surface area (Å²) < 4.78 is 0. The molecule has 1 unspecified atom stereocenters.